The van der Waals surface area contributed by atoms with E-state index in [1.807, 2.05) is 6.92 Å². The molecule has 0 saturated carbocycles. The van der Waals surface area contributed by atoms with Gasteiger partial charge in [0.1, 0.15) is 11.9 Å². The van der Waals surface area contributed by atoms with Crippen LogP contribution in [0, 0.1) is 5.82 Å². The van der Waals surface area contributed by atoms with Gasteiger partial charge in [-0.1, -0.05) is 0 Å². The van der Waals surface area contributed by atoms with Crippen LogP contribution in [0.3, 0.4) is 0 Å². The van der Waals surface area contributed by atoms with E-state index in [-0.39, 0.29) is 23.6 Å². The summed E-state index contributed by atoms with van der Waals surface area (Å²) in [7, 11) is 0. The highest BCUT2D eigenvalue weighted by atomic mass is 19.1. The number of carbonyl (C=O) groups excluding carboxylic acids is 2. The molecule has 1 aromatic rings. The Hall–Kier alpha value is -1.99. The first-order valence-electron chi connectivity index (χ1n) is 6.70. The fraction of sp³-hybridized carbons (Fsp3) is 0.429. The van der Waals surface area contributed by atoms with Gasteiger partial charge in [-0.2, -0.15) is 0 Å². The van der Waals surface area contributed by atoms with Crippen molar-refractivity contribution < 1.29 is 18.7 Å². The van der Waals surface area contributed by atoms with Gasteiger partial charge in [0.15, 0.2) is 0 Å². The lowest BCUT2D eigenvalue weighted by Crippen LogP contribution is -2.53. The maximum Gasteiger partial charge on any atom is 0.244 e. The molecule has 21 heavy (non-hydrogen) atoms. The predicted octanol–water partition coefficient (Wildman–Crippen LogP) is 1.10. The van der Waals surface area contributed by atoms with Crippen LogP contribution in [0.5, 0.6) is 0 Å². The smallest absolute Gasteiger partial charge is 0.244 e. The van der Waals surface area contributed by atoms with Crippen LogP contribution in [0.2, 0.25) is 0 Å². The lowest BCUT2D eigenvalue weighted by molar-refractivity contribution is -0.123. The first-order valence-corrected chi connectivity index (χ1v) is 6.70. The molecular formula is C14H18FN3O3. The van der Waals surface area contributed by atoms with Crippen molar-refractivity contribution in [3.05, 3.63) is 24.0 Å². The van der Waals surface area contributed by atoms with Crippen LogP contribution >= 0.6 is 0 Å². The zero-order valence-corrected chi connectivity index (χ0v) is 11.9. The van der Waals surface area contributed by atoms with Gasteiger partial charge in [-0.15, -0.1) is 0 Å². The molecule has 1 heterocycles. The molecule has 2 amide bonds. The van der Waals surface area contributed by atoms with Crippen molar-refractivity contribution >= 4 is 23.2 Å². The standard InChI is InChI=1S/C14H18FN3O3/c1-8-13(16-5-6-21-8)14(20)18-10-3-4-11(15)12(7-10)17-9(2)19/h3-4,7-8,13,16H,5-6H2,1-2H3,(H,17,19)(H,18,20)/t8-,13+/m1/s1. The molecule has 0 aromatic heterocycles. The number of rotatable bonds is 3. The number of hydrogen-bond acceptors (Lipinski definition) is 4. The summed E-state index contributed by atoms with van der Waals surface area (Å²) in [6.45, 7) is 4.26. The molecule has 0 spiro atoms. The van der Waals surface area contributed by atoms with Gasteiger partial charge in [-0.3, -0.25) is 9.59 Å². The van der Waals surface area contributed by atoms with Gasteiger partial charge in [-0.05, 0) is 25.1 Å². The second-order valence-electron chi connectivity index (χ2n) is 4.87. The SMILES string of the molecule is CC(=O)Nc1cc(NC(=O)[C@H]2NCCO[C@@H]2C)ccc1F. The van der Waals surface area contributed by atoms with Gasteiger partial charge in [0.05, 0.1) is 18.4 Å². The van der Waals surface area contributed by atoms with E-state index in [0.29, 0.717) is 18.8 Å². The van der Waals surface area contributed by atoms with Crippen LogP contribution in [0.1, 0.15) is 13.8 Å². The normalized spacial score (nSPS) is 21.7. The highest BCUT2D eigenvalue weighted by molar-refractivity contribution is 5.96. The molecule has 114 valence electrons. The van der Waals surface area contributed by atoms with E-state index in [1.165, 1.54) is 25.1 Å². The topological polar surface area (TPSA) is 79.5 Å². The van der Waals surface area contributed by atoms with Gasteiger partial charge in [0.25, 0.3) is 0 Å². The summed E-state index contributed by atoms with van der Waals surface area (Å²) in [5.41, 5.74) is 0.436. The molecule has 0 aliphatic carbocycles. The number of carbonyl (C=O) groups is 2. The molecule has 2 atom stereocenters. The molecule has 2 rings (SSSR count). The van der Waals surface area contributed by atoms with Gasteiger partial charge >= 0.3 is 0 Å². The molecule has 1 aliphatic rings. The quantitative estimate of drug-likeness (QED) is 0.780. The van der Waals surface area contributed by atoms with E-state index in [4.69, 9.17) is 4.74 Å². The lowest BCUT2D eigenvalue weighted by atomic mass is 10.1. The lowest BCUT2D eigenvalue weighted by Gasteiger charge is -2.29. The van der Waals surface area contributed by atoms with Crippen molar-refractivity contribution in [1.29, 1.82) is 0 Å². The van der Waals surface area contributed by atoms with Gasteiger partial charge in [-0.25, -0.2) is 4.39 Å². The van der Waals surface area contributed by atoms with Crippen molar-refractivity contribution in [2.75, 3.05) is 23.8 Å². The van der Waals surface area contributed by atoms with Crippen molar-refractivity contribution in [2.45, 2.75) is 26.0 Å². The van der Waals surface area contributed by atoms with Gasteiger partial charge in [0, 0.05) is 19.2 Å². The third-order valence-corrected chi connectivity index (χ3v) is 3.14. The van der Waals surface area contributed by atoms with Crippen LogP contribution in [0.4, 0.5) is 15.8 Å². The largest absolute Gasteiger partial charge is 0.375 e. The minimum atomic E-state index is -0.560. The van der Waals surface area contributed by atoms with Crippen LogP contribution in [0.15, 0.2) is 18.2 Å². The van der Waals surface area contributed by atoms with Crippen molar-refractivity contribution in [2.24, 2.45) is 0 Å². The maximum absolute atomic E-state index is 13.5. The van der Waals surface area contributed by atoms with E-state index in [1.54, 1.807) is 0 Å². The summed E-state index contributed by atoms with van der Waals surface area (Å²) >= 11 is 0. The van der Waals surface area contributed by atoms with E-state index in [0.717, 1.165) is 0 Å². The van der Waals surface area contributed by atoms with E-state index in [2.05, 4.69) is 16.0 Å². The van der Waals surface area contributed by atoms with Crippen LogP contribution in [-0.4, -0.2) is 37.1 Å². The Morgan fingerprint density at radius 3 is 2.81 bits per heavy atom. The Morgan fingerprint density at radius 2 is 2.14 bits per heavy atom. The van der Waals surface area contributed by atoms with Crippen molar-refractivity contribution in [3.8, 4) is 0 Å². The second-order valence-corrected chi connectivity index (χ2v) is 4.87. The van der Waals surface area contributed by atoms with E-state index >= 15 is 0 Å². The number of halogens is 1. The summed E-state index contributed by atoms with van der Waals surface area (Å²) in [6, 6.07) is 3.54. The van der Waals surface area contributed by atoms with E-state index in [9.17, 15) is 14.0 Å². The monoisotopic (exact) mass is 295 g/mol. The summed E-state index contributed by atoms with van der Waals surface area (Å²) in [4.78, 5) is 23.2. The second kappa shape index (κ2) is 6.64. The van der Waals surface area contributed by atoms with Crippen LogP contribution in [-0.2, 0) is 14.3 Å². The van der Waals surface area contributed by atoms with Crippen LogP contribution in [0.25, 0.3) is 0 Å². The summed E-state index contributed by atoms with van der Waals surface area (Å²) in [5.74, 6) is -1.20. The molecule has 1 saturated heterocycles. The molecule has 0 bridgehead atoms. The number of amides is 2. The maximum atomic E-state index is 13.5. The van der Waals surface area contributed by atoms with Crippen LogP contribution < -0.4 is 16.0 Å². The fourth-order valence-corrected chi connectivity index (χ4v) is 2.14. The highest BCUT2D eigenvalue weighted by Gasteiger charge is 2.28. The first kappa shape index (κ1) is 15.4. The number of anilines is 2. The molecule has 7 heteroatoms. The van der Waals surface area contributed by atoms with E-state index < -0.39 is 11.9 Å². The zero-order valence-electron chi connectivity index (χ0n) is 11.9. The van der Waals surface area contributed by atoms with Crippen molar-refractivity contribution in [3.63, 3.8) is 0 Å². The molecule has 0 radical (unpaired) electrons. The first-order chi connectivity index (χ1) is 9.97. The molecule has 3 N–H and O–H groups in total. The highest BCUT2D eigenvalue weighted by Crippen LogP contribution is 2.20. The van der Waals surface area contributed by atoms with Gasteiger partial charge in [0.2, 0.25) is 11.8 Å². The number of nitrogens with one attached hydrogen (secondary N) is 3. The Kier molecular flexibility index (Phi) is 4.87. The average molecular weight is 295 g/mol. The average Bonchev–Trinajstić information content (AvgIpc) is 2.42. The zero-order chi connectivity index (χ0) is 15.4. The minimum absolute atomic E-state index is 0.0289. The fourth-order valence-electron chi connectivity index (χ4n) is 2.14. The molecule has 1 fully saturated rings. The Bertz CT molecular complexity index is 550. The van der Waals surface area contributed by atoms with Gasteiger partial charge < -0.3 is 20.7 Å². The summed E-state index contributed by atoms with van der Waals surface area (Å²) < 4.78 is 18.9. The number of morpholine rings is 1. The molecule has 0 unspecified atom stereocenters. The number of hydrogen-bond donors (Lipinski definition) is 3. The summed E-state index contributed by atoms with van der Waals surface area (Å²) in [6.07, 6.45) is -0.242. The Morgan fingerprint density at radius 1 is 1.38 bits per heavy atom. The number of ether oxygens (including phenoxy) is 1. The van der Waals surface area contributed by atoms with Crippen molar-refractivity contribution in [1.82, 2.24) is 5.32 Å². The number of benzene rings is 1. The molecule has 1 aliphatic heterocycles. The molecule has 6 nitrogen and oxygen atoms in total. The predicted molar refractivity (Wildman–Crippen MR) is 76.5 cm³/mol. The third kappa shape index (κ3) is 3.99. The Balaban J connectivity index is 2.08. The Labute approximate surface area is 122 Å². The minimum Gasteiger partial charge on any atom is -0.375 e. The summed E-state index contributed by atoms with van der Waals surface area (Å²) in [5, 5.41) is 8.12. The molecular weight excluding hydrogens is 277 g/mol. The molecule has 1 aromatic carbocycles. The third-order valence-electron chi connectivity index (χ3n) is 3.14.